The molecule has 0 fully saturated rings. The van der Waals surface area contributed by atoms with Crippen LogP contribution in [0.4, 0.5) is 0 Å². The monoisotopic (exact) mass is 1140 g/mol. The molecule has 0 aromatic heterocycles. The molecule has 4 rings (SSSR count). The molecule has 8 nitrogen and oxygen atoms in total. The molecule has 0 saturated carbocycles. The summed E-state index contributed by atoms with van der Waals surface area (Å²) in [7, 11) is 0. The summed E-state index contributed by atoms with van der Waals surface area (Å²) < 4.78 is 26.0. The number of hydrogen-bond donors (Lipinski definition) is 4. The molecular weight excluding hydrogens is 1040 g/mol. The number of fused-ring (bicyclic) bond motifs is 2. The van der Waals surface area contributed by atoms with E-state index in [1.54, 1.807) is 47.0 Å². The van der Waals surface area contributed by atoms with Crippen LogP contribution in [0.1, 0.15) is 193 Å². The van der Waals surface area contributed by atoms with E-state index in [-0.39, 0.29) is 26.4 Å². The Bertz CT molecular complexity index is 1930. The summed E-state index contributed by atoms with van der Waals surface area (Å²) >= 11 is 7.17. The third-order valence-corrected chi connectivity index (χ3v) is 18.8. The van der Waals surface area contributed by atoms with Crippen molar-refractivity contribution in [3.05, 3.63) is 71.8 Å². The minimum absolute atomic E-state index is 0.153. The van der Waals surface area contributed by atoms with Crippen molar-refractivity contribution in [1.29, 1.82) is 0 Å². The first-order valence-electron chi connectivity index (χ1n) is 30.4. The standard InChI is InChI=1S/C65H104O8S4/c1-5-9-13-17-21-25-37-74-48-54(66)44-70-58-33-29-52-31-35-64(72-46-56(68)50-76-39-27-23-19-15-11-7-3)62(60(52)41-58)43-63-61-42-59(71-45-55(67)49-75-38-26-22-18-14-10-6-2)34-30-53(61)32-36-65(63)73-47-57(69)51-77-40-28-24-20-16-12-8-4/h29-36,41-42,54-57,66-69H,5-28,37-40,43-51H2,1-4H3. The third kappa shape index (κ3) is 29.4. The van der Waals surface area contributed by atoms with Crippen LogP contribution in [0.25, 0.3) is 21.5 Å². The van der Waals surface area contributed by atoms with Gasteiger partial charge in [-0.05, 0) is 107 Å². The zero-order valence-corrected chi connectivity index (χ0v) is 51.6. The predicted molar refractivity (Wildman–Crippen MR) is 340 cm³/mol. The molecule has 0 radical (unpaired) electrons. The zero-order valence-electron chi connectivity index (χ0n) is 48.3. The first-order chi connectivity index (χ1) is 37.8. The summed E-state index contributed by atoms with van der Waals surface area (Å²) in [6.45, 7) is 9.68. The fourth-order valence-corrected chi connectivity index (χ4v) is 13.2. The number of unbranched alkanes of at least 4 members (excludes halogenated alkanes) is 20. The lowest BCUT2D eigenvalue weighted by molar-refractivity contribution is 0.125. The highest BCUT2D eigenvalue weighted by molar-refractivity contribution is 7.99. The molecule has 0 amide bonds. The first-order valence-corrected chi connectivity index (χ1v) is 35.0. The molecule has 0 bridgehead atoms. The van der Waals surface area contributed by atoms with Gasteiger partial charge < -0.3 is 39.4 Å². The predicted octanol–water partition coefficient (Wildman–Crippen LogP) is 16.9. The van der Waals surface area contributed by atoms with Gasteiger partial charge >= 0.3 is 0 Å². The van der Waals surface area contributed by atoms with Crippen molar-refractivity contribution >= 4 is 68.6 Å². The highest BCUT2D eigenvalue weighted by atomic mass is 32.2. The van der Waals surface area contributed by atoms with E-state index < -0.39 is 24.4 Å². The van der Waals surface area contributed by atoms with Gasteiger partial charge in [-0.1, -0.05) is 180 Å². The van der Waals surface area contributed by atoms with Crippen LogP contribution in [0.3, 0.4) is 0 Å². The Morgan fingerprint density at radius 2 is 0.610 bits per heavy atom. The normalized spacial score (nSPS) is 13.3. The molecule has 4 N–H and O–H groups in total. The van der Waals surface area contributed by atoms with Crippen LogP contribution in [0.15, 0.2) is 60.7 Å². The second-order valence-electron chi connectivity index (χ2n) is 21.3. The Morgan fingerprint density at radius 3 is 0.922 bits per heavy atom. The first kappa shape index (κ1) is 67.3. The van der Waals surface area contributed by atoms with Crippen molar-refractivity contribution < 1.29 is 39.4 Å². The van der Waals surface area contributed by atoms with Gasteiger partial charge in [0.05, 0.1) is 24.4 Å². The second-order valence-corrected chi connectivity index (χ2v) is 25.9. The number of hydrogen-bond acceptors (Lipinski definition) is 12. The SMILES string of the molecule is CCCCCCCCSCC(O)COc1ccc2ccc(OCC(O)CSCCCCCCCC)c(Cc3c(OCC(O)CSCCCCCCCC)ccc4ccc(OCC(O)CSCCCCCCCC)cc34)c2c1. The summed E-state index contributed by atoms with van der Waals surface area (Å²) in [6, 6.07) is 20.3. The molecule has 4 aromatic carbocycles. The molecule has 0 aliphatic carbocycles. The number of aliphatic hydroxyl groups excluding tert-OH is 4. The van der Waals surface area contributed by atoms with Gasteiger partial charge in [0.25, 0.3) is 0 Å². The van der Waals surface area contributed by atoms with Crippen LogP contribution in [0, 0.1) is 0 Å². The van der Waals surface area contributed by atoms with E-state index in [2.05, 4.69) is 64.1 Å². The van der Waals surface area contributed by atoms with Crippen molar-refractivity contribution in [2.24, 2.45) is 0 Å². The second kappa shape index (κ2) is 43.6. The molecule has 4 aromatic rings. The van der Waals surface area contributed by atoms with Crippen LogP contribution in [-0.4, -0.2) is 117 Å². The van der Waals surface area contributed by atoms with Crippen LogP contribution in [0.5, 0.6) is 23.0 Å². The van der Waals surface area contributed by atoms with Crippen molar-refractivity contribution in [3.63, 3.8) is 0 Å². The zero-order chi connectivity index (χ0) is 55.0. The summed E-state index contributed by atoms with van der Waals surface area (Å²) in [6.07, 6.45) is 28.1. The third-order valence-electron chi connectivity index (χ3n) is 14.0. The van der Waals surface area contributed by atoms with Gasteiger partial charge in [0.15, 0.2) is 0 Å². The molecule has 77 heavy (non-hydrogen) atoms. The molecule has 0 aliphatic heterocycles. The Balaban J connectivity index is 1.60. The number of rotatable bonds is 50. The smallest absolute Gasteiger partial charge is 0.123 e. The molecule has 0 heterocycles. The fraction of sp³-hybridized carbons (Fsp3) is 0.692. The van der Waals surface area contributed by atoms with E-state index in [0.717, 1.165) is 68.5 Å². The van der Waals surface area contributed by atoms with E-state index in [9.17, 15) is 20.4 Å². The van der Waals surface area contributed by atoms with E-state index in [0.29, 0.717) is 52.4 Å². The highest BCUT2D eigenvalue weighted by Crippen LogP contribution is 2.39. The van der Waals surface area contributed by atoms with Crippen molar-refractivity contribution in [1.82, 2.24) is 0 Å². The van der Waals surface area contributed by atoms with Crippen molar-refractivity contribution in [2.45, 2.75) is 213 Å². The van der Waals surface area contributed by atoms with E-state index in [4.69, 9.17) is 18.9 Å². The minimum atomic E-state index is -0.639. The molecule has 0 saturated heterocycles. The summed E-state index contributed by atoms with van der Waals surface area (Å²) in [5, 5.41) is 48.5. The van der Waals surface area contributed by atoms with Gasteiger partial charge in [0.2, 0.25) is 0 Å². The van der Waals surface area contributed by atoms with E-state index in [1.165, 1.54) is 141 Å². The lowest BCUT2D eigenvalue weighted by Crippen LogP contribution is -2.21. The lowest BCUT2D eigenvalue weighted by Gasteiger charge is -2.21. The van der Waals surface area contributed by atoms with E-state index >= 15 is 0 Å². The Hall–Kier alpha value is -2.16. The van der Waals surface area contributed by atoms with Gasteiger partial charge in [-0.25, -0.2) is 0 Å². The van der Waals surface area contributed by atoms with Crippen LogP contribution >= 0.6 is 47.0 Å². The maximum Gasteiger partial charge on any atom is 0.123 e. The molecule has 12 heteroatoms. The van der Waals surface area contributed by atoms with Crippen LogP contribution in [0.2, 0.25) is 0 Å². The number of benzene rings is 4. The molecule has 0 spiro atoms. The minimum Gasteiger partial charge on any atom is -0.491 e. The quantitative estimate of drug-likeness (QED) is 0.0315. The van der Waals surface area contributed by atoms with Crippen LogP contribution in [-0.2, 0) is 6.42 Å². The summed E-state index contributed by atoms with van der Waals surface area (Å²) in [5.74, 6) is 9.28. The number of aliphatic hydroxyl groups is 4. The average molecular weight is 1140 g/mol. The molecule has 0 aliphatic rings. The summed E-state index contributed by atoms with van der Waals surface area (Å²) in [4.78, 5) is 0. The summed E-state index contributed by atoms with van der Waals surface area (Å²) in [5.41, 5.74) is 1.85. The molecular formula is C65H104O8S4. The van der Waals surface area contributed by atoms with Gasteiger partial charge in [-0.15, -0.1) is 0 Å². The molecule has 4 unspecified atom stereocenters. The Labute approximate surface area is 484 Å². The topological polar surface area (TPSA) is 118 Å². The lowest BCUT2D eigenvalue weighted by atomic mass is 9.93. The van der Waals surface area contributed by atoms with Crippen molar-refractivity contribution in [3.8, 4) is 23.0 Å². The van der Waals surface area contributed by atoms with E-state index in [1.807, 2.05) is 24.3 Å². The van der Waals surface area contributed by atoms with Crippen LogP contribution < -0.4 is 18.9 Å². The van der Waals surface area contributed by atoms with Gasteiger partial charge in [-0.2, -0.15) is 47.0 Å². The molecule has 436 valence electrons. The Morgan fingerprint density at radius 1 is 0.338 bits per heavy atom. The Kier molecular flexibility index (Phi) is 38.1. The largest absolute Gasteiger partial charge is 0.491 e. The maximum absolute atomic E-state index is 11.3. The molecule has 4 atom stereocenters. The average Bonchev–Trinajstić information content (AvgIpc) is 3.45. The van der Waals surface area contributed by atoms with Crippen molar-refractivity contribution in [2.75, 3.05) is 72.5 Å². The maximum atomic E-state index is 11.3. The highest BCUT2D eigenvalue weighted by Gasteiger charge is 2.20. The number of thioether (sulfide) groups is 4. The van der Waals surface area contributed by atoms with Gasteiger partial charge in [-0.3, -0.25) is 0 Å². The fourth-order valence-electron chi connectivity index (χ4n) is 9.44. The number of ether oxygens (including phenoxy) is 4. The van der Waals surface area contributed by atoms with Gasteiger partial charge in [0.1, 0.15) is 49.4 Å². The van der Waals surface area contributed by atoms with Gasteiger partial charge in [0, 0.05) is 40.6 Å².